The molecule has 2 unspecified atom stereocenters. The number of ether oxygens (including phenoxy) is 5. The monoisotopic (exact) mass is 889 g/mol. The summed E-state index contributed by atoms with van der Waals surface area (Å²) >= 11 is 12.2. The predicted octanol–water partition coefficient (Wildman–Crippen LogP) is 10.0. The molecule has 0 spiro atoms. The Bertz CT molecular complexity index is 2540. The van der Waals surface area contributed by atoms with E-state index < -0.39 is 12.1 Å². The first kappa shape index (κ1) is 44.3. The predicted molar refractivity (Wildman–Crippen MR) is 238 cm³/mol. The van der Waals surface area contributed by atoms with Crippen LogP contribution in [0.3, 0.4) is 0 Å². The van der Waals surface area contributed by atoms with Gasteiger partial charge in [-0.1, -0.05) is 83.9 Å². The average molecular weight is 891 g/mol. The molecule has 3 heterocycles. The minimum Gasteiger partial charge on any atom is -0.489 e. The van der Waals surface area contributed by atoms with E-state index in [9.17, 15) is 9.59 Å². The Balaban J connectivity index is 0.00000193. The van der Waals surface area contributed by atoms with Gasteiger partial charge in [-0.15, -0.1) is 0 Å². The lowest BCUT2D eigenvalue weighted by molar-refractivity contribution is -0.126. The summed E-state index contributed by atoms with van der Waals surface area (Å²) in [4.78, 5) is 41.8. The first-order valence-electron chi connectivity index (χ1n) is 20.2. The Labute approximate surface area is 375 Å². The molecular weight excluding hydrogens is 845 g/mol. The van der Waals surface area contributed by atoms with Gasteiger partial charge < -0.3 is 34.1 Å². The number of amides is 2. The van der Waals surface area contributed by atoms with Crippen LogP contribution in [0.15, 0.2) is 121 Å². The van der Waals surface area contributed by atoms with Gasteiger partial charge in [0, 0.05) is 30.4 Å². The number of fused-ring (bicyclic) bond motifs is 2. The van der Waals surface area contributed by atoms with Gasteiger partial charge in [0.15, 0.2) is 17.6 Å². The maximum absolute atomic E-state index is 13.9. The molecule has 2 N–H and O–H groups in total. The van der Waals surface area contributed by atoms with Crippen LogP contribution in [0.2, 0.25) is 10.0 Å². The van der Waals surface area contributed by atoms with Crippen LogP contribution >= 0.6 is 23.2 Å². The van der Waals surface area contributed by atoms with Crippen LogP contribution in [0.5, 0.6) is 28.7 Å². The zero-order valence-corrected chi connectivity index (χ0v) is 36.1. The van der Waals surface area contributed by atoms with Gasteiger partial charge >= 0.3 is 6.09 Å². The minimum absolute atomic E-state index is 0.0829. The molecule has 12 nitrogen and oxygen atoms in total. The molecule has 2 amide bonds. The third-order valence-corrected chi connectivity index (χ3v) is 11.4. The molecule has 2 atom stereocenters. The highest BCUT2D eigenvalue weighted by molar-refractivity contribution is 6.42. The standard InChI is InChI=1S/C48H43Cl2N3O7.CH2O2/c1-30-31(2)51-21-19-43(30)59-39-13-8-32(9-14-39)18-20-52-47(54)42-23-36-24-44-45(25-37(36)26-53(42)48(55)58-27-33-6-4-3-5-7-33)60-46(29-57-44)35-11-15-38(16-12-35)56-28-34-10-17-40(49)41(50)22-34;2-1-3/h3-17,19,21-22,24-25,42,46H,18,20,23,26-29H2,1-2H3,(H,52,54);1H,(H,2,3). The summed E-state index contributed by atoms with van der Waals surface area (Å²) in [5, 5.41) is 10.9. The van der Waals surface area contributed by atoms with Gasteiger partial charge in [-0.25, -0.2) is 4.79 Å². The van der Waals surface area contributed by atoms with Crippen molar-refractivity contribution in [2.45, 2.75) is 58.6 Å². The summed E-state index contributed by atoms with van der Waals surface area (Å²) in [6, 6.07) is 35.2. The second-order valence-corrected chi connectivity index (χ2v) is 15.7. The average Bonchev–Trinajstić information content (AvgIpc) is 3.30. The number of carbonyl (C=O) groups is 3. The largest absolute Gasteiger partial charge is 0.489 e. The Morgan fingerprint density at radius 2 is 1.56 bits per heavy atom. The third-order valence-electron chi connectivity index (χ3n) is 10.7. The number of carboxylic acid groups (broad SMARTS) is 1. The molecule has 63 heavy (non-hydrogen) atoms. The summed E-state index contributed by atoms with van der Waals surface area (Å²) in [7, 11) is 0. The molecule has 0 radical (unpaired) electrons. The molecule has 324 valence electrons. The summed E-state index contributed by atoms with van der Waals surface area (Å²) in [5.41, 5.74) is 7.37. The molecule has 6 aromatic rings. The number of nitrogens with zero attached hydrogens (tertiary/aromatic N) is 2. The lowest BCUT2D eigenvalue weighted by Gasteiger charge is -2.36. The number of hydrogen-bond acceptors (Lipinski definition) is 9. The number of benzene rings is 5. The van der Waals surface area contributed by atoms with Crippen molar-refractivity contribution in [3.05, 3.63) is 176 Å². The fraction of sp³-hybridized carbons (Fsp3) is 0.224. The van der Waals surface area contributed by atoms with Crippen LogP contribution in [0.1, 0.15) is 50.7 Å². The molecule has 0 saturated heterocycles. The van der Waals surface area contributed by atoms with Gasteiger partial charge in [0.05, 0.1) is 16.6 Å². The topological polar surface area (TPSA) is 146 Å². The Morgan fingerprint density at radius 1 is 0.841 bits per heavy atom. The van der Waals surface area contributed by atoms with Crippen molar-refractivity contribution < 1.29 is 43.2 Å². The quantitative estimate of drug-likeness (QED) is 0.114. The number of pyridine rings is 1. The number of nitrogens with one attached hydrogen (secondary N) is 1. The number of carbonyl (C=O) groups excluding carboxylic acids is 2. The van der Waals surface area contributed by atoms with Gasteiger partial charge in [0.25, 0.3) is 6.47 Å². The van der Waals surface area contributed by atoms with E-state index in [1.165, 1.54) is 4.90 Å². The molecule has 5 aromatic carbocycles. The minimum atomic E-state index is -0.795. The van der Waals surface area contributed by atoms with Crippen LogP contribution in [0.25, 0.3) is 0 Å². The Kier molecular flexibility index (Phi) is 14.7. The maximum atomic E-state index is 13.9. The lowest BCUT2D eigenvalue weighted by Crippen LogP contribution is -2.53. The van der Waals surface area contributed by atoms with Crippen molar-refractivity contribution in [1.29, 1.82) is 0 Å². The van der Waals surface area contributed by atoms with Crippen LogP contribution in [0.4, 0.5) is 4.79 Å². The highest BCUT2D eigenvalue weighted by Crippen LogP contribution is 2.41. The molecule has 0 fully saturated rings. The van der Waals surface area contributed by atoms with Gasteiger partial charge in [-0.3, -0.25) is 19.5 Å². The highest BCUT2D eigenvalue weighted by Gasteiger charge is 2.37. The smallest absolute Gasteiger partial charge is 0.411 e. The van der Waals surface area contributed by atoms with E-state index in [4.69, 9.17) is 56.8 Å². The molecular formula is C49H45Cl2N3O9. The van der Waals surface area contributed by atoms with E-state index in [2.05, 4.69) is 10.3 Å². The number of halogens is 2. The molecule has 8 rings (SSSR count). The SMILES string of the molecule is Cc1nccc(Oc2ccc(CCNC(=O)C3Cc4cc5c(cc4CN3C(=O)OCc3ccccc3)OC(c3ccc(OCc4ccc(Cl)c(Cl)c4)cc3)CO5)cc2)c1C.O=CO. The second kappa shape index (κ2) is 20.9. The summed E-state index contributed by atoms with van der Waals surface area (Å²) in [5.74, 6) is 3.06. The van der Waals surface area contributed by atoms with Crippen molar-refractivity contribution in [3.63, 3.8) is 0 Å². The van der Waals surface area contributed by atoms with Crippen molar-refractivity contribution in [1.82, 2.24) is 15.2 Å². The third kappa shape index (κ3) is 11.4. The van der Waals surface area contributed by atoms with Gasteiger partial charge in [0.2, 0.25) is 5.91 Å². The number of hydrogen-bond donors (Lipinski definition) is 2. The summed E-state index contributed by atoms with van der Waals surface area (Å²) in [6.07, 6.45) is 1.67. The van der Waals surface area contributed by atoms with Crippen molar-refractivity contribution in [3.8, 4) is 28.7 Å². The van der Waals surface area contributed by atoms with E-state index in [0.29, 0.717) is 59.2 Å². The van der Waals surface area contributed by atoms with E-state index in [1.54, 1.807) is 18.3 Å². The van der Waals surface area contributed by atoms with Crippen molar-refractivity contribution in [2.24, 2.45) is 0 Å². The first-order valence-corrected chi connectivity index (χ1v) is 21.0. The van der Waals surface area contributed by atoms with Gasteiger partial charge in [0.1, 0.15) is 43.1 Å². The fourth-order valence-electron chi connectivity index (χ4n) is 7.14. The van der Waals surface area contributed by atoms with E-state index in [0.717, 1.165) is 50.4 Å². The molecule has 2 aliphatic rings. The van der Waals surface area contributed by atoms with E-state index >= 15 is 0 Å². The molecule has 0 bridgehead atoms. The zero-order valence-electron chi connectivity index (χ0n) is 34.6. The number of aromatic nitrogens is 1. The normalized spacial score (nSPS) is 14.9. The zero-order chi connectivity index (χ0) is 44.3. The van der Waals surface area contributed by atoms with Gasteiger partial charge in [-0.05, 0) is 108 Å². The Hall–Kier alpha value is -6.76. The molecule has 0 saturated carbocycles. The lowest BCUT2D eigenvalue weighted by atomic mass is 9.92. The highest BCUT2D eigenvalue weighted by atomic mass is 35.5. The van der Waals surface area contributed by atoms with Crippen LogP contribution in [-0.2, 0) is 46.9 Å². The summed E-state index contributed by atoms with van der Waals surface area (Å²) in [6.45, 7) is 4.95. The van der Waals surface area contributed by atoms with Gasteiger partial charge in [-0.2, -0.15) is 0 Å². The summed E-state index contributed by atoms with van der Waals surface area (Å²) < 4.78 is 30.5. The fourth-order valence-corrected chi connectivity index (χ4v) is 7.47. The van der Waals surface area contributed by atoms with E-state index in [-0.39, 0.29) is 38.1 Å². The number of rotatable bonds is 12. The molecule has 14 heteroatoms. The first-order chi connectivity index (χ1) is 30.6. The maximum Gasteiger partial charge on any atom is 0.411 e. The molecule has 1 aromatic heterocycles. The Morgan fingerprint density at radius 3 is 2.30 bits per heavy atom. The molecule has 0 aliphatic carbocycles. The van der Waals surface area contributed by atoms with Crippen LogP contribution in [0, 0.1) is 13.8 Å². The van der Waals surface area contributed by atoms with Crippen LogP contribution < -0.4 is 24.3 Å². The molecule has 2 aliphatic heterocycles. The van der Waals surface area contributed by atoms with Crippen LogP contribution in [-0.4, -0.2) is 52.7 Å². The van der Waals surface area contributed by atoms with Crippen molar-refractivity contribution >= 4 is 41.7 Å². The number of aryl methyl sites for hydroxylation is 1. The van der Waals surface area contributed by atoms with Crippen molar-refractivity contribution in [2.75, 3.05) is 13.2 Å². The van der Waals surface area contributed by atoms with E-state index in [1.807, 2.05) is 117 Å². The second-order valence-electron chi connectivity index (χ2n) is 14.9.